The van der Waals surface area contributed by atoms with Crippen molar-refractivity contribution in [1.29, 1.82) is 0 Å². The summed E-state index contributed by atoms with van der Waals surface area (Å²) in [5, 5.41) is 10.9. The van der Waals surface area contributed by atoms with Crippen LogP contribution in [-0.4, -0.2) is 20.7 Å². The molecule has 1 saturated carbocycles. The number of pyridine rings is 1. The Bertz CT molecular complexity index is 526. The summed E-state index contributed by atoms with van der Waals surface area (Å²) in [7, 11) is 0. The van der Waals surface area contributed by atoms with Crippen LogP contribution in [0.15, 0.2) is 30.7 Å². The van der Waals surface area contributed by atoms with E-state index in [0.717, 1.165) is 17.8 Å². The quantitative estimate of drug-likeness (QED) is 0.884. The van der Waals surface area contributed by atoms with Crippen LogP contribution in [0, 0.1) is 0 Å². The lowest BCUT2D eigenvalue weighted by Crippen LogP contribution is -2.38. The fourth-order valence-electron chi connectivity index (χ4n) is 2.85. The van der Waals surface area contributed by atoms with Crippen LogP contribution in [0.3, 0.4) is 0 Å². The summed E-state index contributed by atoms with van der Waals surface area (Å²) in [5.74, 6) is 0. The molecule has 3 rings (SSSR count). The van der Waals surface area contributed by atoms with Gasteiger partial charge in [0.05, 0.1) is 11.9 Å². The highest BCUT2D eigenvalue weighted by atomic mass is 15.1. The Morgan fingerprint density at radius 1 is 1.32 bits per heavy atom. The Morgan fingerprint density at radius 2 is 2.16 bits per heavy atom. The van der Waals surface area contributed by atoms with Crippen LogP contribution in [0.1, 0.15) is 38.2 Å². The zero-order chi connectivity index (χ0) is 13.1. The van der Waals surface area contributed by atoms with E-state index in [1.54, 1.807) is 6.20 Å². The van der Waals surface area contributed by atoms with Gasteiger partial charge in [-0.1, -0.05) is 12.8 Å². The molecule has 2 aromatic heterocycles. The minimum atomic E-state index is 0.295. The molecular weight excluding hydrogens is 236 g/mol. The average Bonchev–Trinajstić information content (AvgIpc) is 3.07. The number of aromatic amines is 1. The maximum Gasteiger partial charge on any atom is 0.0710 e. The number of nitrogens with zero attached hydrogens (tertiary/aromatic N) is 2. The lowest BCUT2D eigenvalue weighted by molar-refractivity contribution is 0.363. The highest BCUT2D eigenvalue weighted by Crippen LogP contribution is 2.29. The van der Waals surface area contributed by atoms with Gasteiger partial charge in [-0.3, -0.25) is 10.1 Å². The summed E-state index contributed by atoms with van der Waals surface area (Å²) < 4.78 is 0. The third kappa shape index (κ3) is 2.68. The number of nitrogens with one attached hydrogen (secondary N) is 2. The van der Waals surface area contributed by atoms with E-state index in [-0.39, 0.29) is 0 Å². The third-order valence-electron chi connectivity index (χ3n) is 4.08. The first kappa shape index (κ1) is 12.4. The summed E-state index contributed by atoms with van der Waals surface area (Å²) in [4.78, 5) is 4.16. The van der Waals surface area contributed by atoms with Gasteiger partial charge in [-0.25, -0.2) is 0 Å². The van der Waals surface area contributed by atoms with E-state index in [2.05, 4.69) is 33.5 Å². The number of hydrogen-bond acceptors (Lipinski definition) is 3. The van der Waals surface area contributed by atoms with Crippen molar-refractivity contribution in [3.63, 3.8) is 0 Å². The summed E-state index contributed by atoms with van der Waals surface area (Å²) in [6.07, 6.45) is 10.8. The Labute approximate surface area is 113 Å². The normalized spacial score (nSPS) is 17.7. The Balaban J connectivity index is 1.74. The fourth-order valence-corrected chi connectivity index (χ4v) is 2.85. The summed E-state index contributed by atoms with van der Waals surface area (Å²) in [6, 6.07) is 4.01. The van der Waals surface area contributed by atoms with Crippen molar-refractivity contribution in [3.8, 4) is 11.3 Å². The molecule has 4 heteroatoms. The predicted octanol–water partition coefficient (Wildman–Crippen LogP) is 2.89. The van der Waals surface area contributed by atoms with Gasteiger partial charge in [-0.05, 0) is 31.9 Å². The van der Waals surface area contributed by atoms with Gasteiger partial charge in [0.2, 0.25) is 0 Å². The number of rotatable bonds is 4. The van der Waals surface area contributed by atoms with E-state index in [1.165, 1.54) is 31.2 Å². The maximum absolute atomic E-state index is 4.17. The molecule has 0 spiro atoms. The van der Waals surface area contributed by atoms with Crippen molar-refractivity contribution in [2.45, 2.75) is 44.7 Å². The molecule has 0 amide bonds. The molecule has 1 aliphatic carbocycles. The topological polar surface area (TPSA) is 53.6 Å². The fraction of sp³-hybridized carbons (Fsp3) is 0.467. The van der Waals surface area contributed by atoms with E-state index < -0.39 is 0 Å². The zero-order valence-corrected chi connectivity index (χ0v) is 11.3. The highest BCUT2D eigenvalue weighted by molar-refractivity contribution is 5.61. The first-order valence-electron chi connectivity index (χ1n) is 6.95. The lowest BCUT2D eigenvalue weighted by atomic mass is 10.00. The monoisotopic (exact) mass is 256 g/mol. The lowest BCUT2D eigenvalue weighted by Gasteiger charge is -2.25. The molecule has 0 aliphatic heterocycles. The molecule has 2 heterocycles. The van der Waals surface area contributed by atoms with Gasteiger partial charge < -0.3 is 5.32 Å². The van der Waals surface area contributed by atoms with Crippen molar-refractivity contribution in [2.24, 2.45) is 0 Å². The van der Waals surface area contributed by atoms with E-state index in [4.69, 9.17) is 0 Å². The second-order valence-corrected chi connectivity index (χ2v) is 5.63. The molecule has 19 heavy (non-hydrogen) atoms. The van der Waals surface area contributed by atoms with Gasteiger partial charge in [0.1, 0.15) is 0 Å². The molecule has 0 saturated heterocycles. The molecule has 0 atom stereocenters. The molecule has 0 bridgehead atoms. The predicted molar refractivity (Wildman–Crippen MR) is 75.5 cm³/mol. The minimum absolute atomic E-state index is 0.295. The van der Waals surface area contributed by atoms with Gasteiger partial charge in [-0.15, -0.1) is 0 Å². The average molecular weight is 256 g/mol. The van der Waals surface area contributed by atoms with Gasteiger partial charge >= 0.3 is 0 Å². The highest BCUT2D eigenvalue weighted by Gasteiger charge is 2.28. The second-order valence-electron chi connectivity index (χ2n) is 5.63. The molecule has 1 fully saturated rings. The molecule has 0 radical (unpaired) electrons. The third-order valence-corrected chi connectivity index (χ3v) is 4.08. The van der Waals surface area contributed by atoms with Crippen LogP contribution >= 0.6 is 0 Å². The van der Waals surface area contributed by atoms with Crippen LogP contribution in [0.5, 0.6) is 0 Å². The van der Waals surface area contributed by atoms with Crippen LogP contribution in [0.25, 0.3) is 11.3 Å². The van der Waals surface area contributed by atoms with Crippen molar-refractivity contribution in [1.82, 2.24) is 20.5 Å². The Hall–Kier alpha value is -1.68. The first-order chi connectivity index (χ1) is 9.27. The number of hydrogen-bond donors (Lipinski definition) is 2. The van der Waals surface area contributed by atoms with Crippen molar-refractivity contribution >= 4 is 0 Å². The van der Waals surface area contributed by atoms with Gasteiger partial charge in [0.25, 0.3) is 0 Å². The van der Waals surface area contributed by atoms with Gasteiger partial charge in [0, 0.05) is 35.6 Å². The van der Waals surface area contributed by atoms with Crippen LogP contribution < -0.4 is 5.32 Å². The van der Waals surface area contributed by atoms with Crippen molar-refractivity contribution in [2.75, 3.05) is 0 Å². The second kappa shape index (κ2) is 5.13. The molecular formula is C15H20N4. The van der Waals surface area contributed by atoms with Crippen LogP contribution in [0.4, 0.5) is 0 Å². The first-order valence-corrected chi connectivity index (χ1v) is 6.95. The van der Waals surface area contributed by atoms with Gasteiger partial charge in [0.15, 0.2) is 0 Å². The molecule has 0 unspecified atom stereocenters. The standard InChI is InChI=1S/C15H20N4/c1-15(6-2-3-7-15)17-10-13-11-18-19-14(13)12-5-4-8-16-9-12/h4-5,8-9,11,17H,2-3,6-7,10H2,1H3,(H,18,19). The molecule has 0 aromatic carbocycles. The molecule has 1 aliphatic rings. The SMILES string of the molecule is CC1(NCc2cn[nH]c2-c2cccnc2)CCCC1. The smallest absolute Gasteiger partial charge is 0.0710 e. The van der Waals surface area contributed by atoms with Crippen LogP contribution in [-0.2, 0) is 6.54 Å². The van der Waals surface area contributed by atoms with E-state index in [9.17, 15) is 0 Å². The Kier molecular flexibility index (Phi) is 3.34. The van der Waals surface area contributed by atoms with Crippen molar-refractivity contribution < 1.29 is 0 Å². The summed E-state index contributed by atoms with van der Waals surface area (Å²) in [5.41, 5.74) is 3.67. The molecule has 2 aromatic rings. The number of aromatic nitrogens is 3. The summed E-state index contributed by atoms with van der Waals surface area (Å²) in [6.45, 7) is 3.18. The van der Waals surface area contributed by atoms with Crippen LogP contribution in [0.2, 0.25) is 0 Å². The molecule has 100 valence electrons. The zero-order valence-electron chi connectivity index (χ0n) is 11.3. The largest absolute Gasteiger partial charge is 0.307 e. The molecule has 2 N–H and O–H groups in total. The van der Waals surface area contributed by atoms with E-state index >= 15 is 0 Å². The Morgan fingerprint density at radius 3 is 2.89 bits per heavy atom. The summed E-state index contributed by atoms with van der Waals surface area (Å²) >= 11 is 0. The van der Waals surface area contributed by atoms with E-state index in [1.807, 2.05) is 18.5 Å². The van der Waals surface area contributed by atoms with Crippen molar-refractivity contribution in [3.05, 3.63) is 36.3 Å². The van der Waals surface area contributed by atoms with Gasteiger partial charge in [-0.2, -0.15) is 5.10 Å². The maximum atomic E-state index is 4.17. The van der Waals surface area contributed by atoms with E-state index in [0.29, 0.717) is 5.54 Å². The minimum Gasteiger partial charge on any atom is -0.307 e. The number of H-pyrrole nitrogens is 1. The molecule has 4 nitrogen and oxygen atoms in total.